The predicted octanol–water partition coefficient (Wildman–Crippen LogP) is 4.73. The molecule has 0 nitrogen and oxygen atoms in total. The Morgan fingerprint density at radius 1 is 1.33 bits per heavy atom. The summed E-state index contributed by atoms with van der Waals surface area (Å²) in [4.78, 5) is 0. The topological polar surface area (TPSA) is 0 Å². The molecule has 0 spiro atoms. The van der Waals surface area contributed by atoms with Crippen LogP contribution in [0, 0.1) is 17.3 Å². The summed E-state index contributed by atoms with van der Waals surface area (Å²) >= 11 is 0. The van der Waals surface area contributed by atoms with Crippen LogP contribution in [0.15, 0.2) is 23.8 Å². The lowest BCUT2D eigenvalue weighted by atomic mass is 9.65. The molecule has 0 aromatic rings. The van der Waals surface area contributed by atoms with E-state index in [0.29, 0.717) is 5.41 Å². The Hall–Kier alpha value is -0.520. The van der Waals surface area contributed by atoms with Crippen LogP contribution in [0.25, 0.3) is 0 Å². The zero-order chi connectivity index (χ0) is 11.1. The van der Waals surface area contributed by atoms with Gasteiger partial charge in [-0.3, -0.25) is 0 Å². The smallest absolute Gasteiger partial charge is 0.0114 e. The van der Waals surface area contributed by atoms with Crippen LogP contribution in [-0.2, 0) is 0 Å². The van der Waals surface area contributed by atoms with Crippen LogP contribution >= 0.6 is 0 Å². The Morgan fingerprint density at radius 2 is 2.07 bits per heavy atom. The van der Waals surface area contributed by atoms with Crippen LogP contribution < -0.4 is 0 Å². The molecule has 1 fully saturated rings. The van der Waals surface area contributed by atoms with E-state index < -0.39 is 0 Å². The summed E-state index contributed by atoms with van der Waals surface area (Å²) < 4.78 is 0. The lowest BCUT2D eigenvalue weighted by molar-refractivity contribution is 0.186. The first-order chi connectivity index (χ1) is 7.00. The van der Waals surface area contributed by atoms with Gasteiger partial charge >= 0.3 is 0 Å². The average Bonchev–Trinajstić information content (AvgIpc) is 2.26. The molecular formula is C15H24. The van der Waals surface area contributed by atoms with Gasteiger partial charge < -0.3 is 0 Å². The van der Waals surface area contributed by atoms with Crippen molar-refractivity contribution in [1.29, 1.82) is 0 Å². The molecule has 0 bridgehead atoms. The molecule has 0 radical (unpaired) electrons. The van der Waals surface area contributed by atoms with Crippen LogP contribution in [-0.4, -0.2) is 0 Å². The minimum Gasteiger partial charge on any atom is -0.0996 e. The summed E-state index contributed by atoms with van der Waals surface area (Å²) in [5.74, 6) is 1.52. The second kappa shape index (κ2) is 3.81. The van der Waals surface area contributed by atoms with Crippen molar-refractivity contribution < 1.29 is 0 Å². The van der Waals surface area contributed by atoms with E-state index in [-0.39, 0.29) is 0 Å². The Kier molecular flexibility index (Phi) is 2.79. The largest absolute Gasteiger partial charge is 0.0996 e. The van der Waals surface area contributed by atoms with Gasteiger partial charge in [0, 0.05) is 0 Å². The van der Waals surface area contributed by atoms with Crippen molar-refractivity contribution in [2.24, 2.45) is 17.3 Å². The fourth-order valence-electron chi connectivity index (χ4n) is 3.42. The molecule has 2 rings (SSSR count). The van der Waals surface area contributed by atoms with Crippen LogP contribution in [0.2, 0.25) is 0 Å². The fourth-order valence-corrected chi connectivity index (χ4v) is 3.42. The van der Waals surface area contributed by atoms with Crippen LogP contribution in [0.3, 0.4) is 0 Å². The first kappa shape index (κ1) is 11.0. The normalized spacial score (nSPS) is 35.4. The van der Waals surface area contributed by atoms with Crippen molar-refractivity contribution in [1.82, 2.24) is 0 Å². The zero-order valence-corrected chi connectivity index (χ0v) is 10.5. The summed E-state index contributed by atoms with van der Waals surface area (Å²) in [5, 5.41) is 0. The summed E-state index contributed by atoms with van der Waals surface area (Å²) in [5.41, 5.74) is 3.60. The highest BCUT2D eigenvalue weighted by Crippen LogP contribution is 2.49. The fraction of sp³-hybridized carbons (Fsp3) is 0.733. The van der Waals surface area contributed by atoms with Crippen LogP contribution in [0.4, 0.5) is 0 Å². The Bertz CT molecular complexity index is 293. The van der Waals surface area contributed by atoms with Gasteiger partial charge in [0.25, 0.3) is 0 Å². The average molecular weight is 204 g/mol. The minimum absolute atomic E-state index is 0.478. The number of rotatable bonds is 0. The van der Waals surface area contributed by atoms with Gasteiger partial charge in [0.2, 0.25) is 0 Å². The predicted molar refractivity (Wildman–Crippen MR) is 66.7 cm³/mol. The van der Waals surface area contributed by atoms with E-state index >= 15 is 0 Å². The molecule has 0 saturated heterocycles. The maximum absolute atomic E-state index is 4.32. The van der Waals surface area contributed by atoms with E-state index in [1.54, 1.807) is 5.57 Å². The van der Waals surface area contributed by atoms with Crippen molar-refractivity contribution in [3.63, 3.8) is 0 Å². The van der Waals surface area contributed by atoms with Crippen molar-refractivity contribution in [2.75, 3.05) is 0 Å². The Morgan fingerprint density at radius 3 is 2.80 bits per heavy atom. The van der Waals surface area contributed by atoms with E-state index in [1.165, 1.54) is 37.7 Å². The van der Waals surface area contributed by atoms with Gasteiger partial charge in [-0.2, -0.15) is 0 Å². The van der Waals surface area contributed by atoms with E-state index in [4.69, 9.17) is 0 Å². The molecule has 0 aromatic carbocycles. The molecule has 0 N–H and O–H groups in total. The highest BCUT2D eigenvalue weighted by molar-refractivity contribution is 5.19. The molecule has 0 aliphatic heterocycles. The van der Waals surface area contributed by atoms with Crippen LogP contribution in [0.1, 0.15) is 52.9 Å². The quantitative estimate of drug-likeness (QED) is 0.501. The van der Waals surface area contributed by atoms with Crippen molar-refractivity contribution >= 4 is 0 Å². The molecule has 2 aliphatic carbocycles. The summed E-state index contributed by atoms with van der Waals surface area (Å²) in [6.07, 6.45) is 9.14. The molecule has 0 aromatic heterocycles. The maximum atomic E-state index is 4.32. The first-order valence-electron chi connectivity index (χ1n) is 6.36. The third-order valence-electron chi connectivity index (χ3n) is 4.49. The molecule has 2 unspecified atom stereocenters. The van der Waals surface area contributed by atoms with E-state index in [1.807, 2.05) is 0 Å². The Labute approximate surface area is 94.5 Å². The molecule has 0 amide bonds. The third-order valence-corrected chi connectivity index (χ3v) is 4.49. The van der Waals surface area contributed by atoms with Gasteiger partial charge in [0.15, 0.2) is 0 Å². The van der Waals surface area contributed by atoms with Gasteiger partial charge in [-0.1, -0.05) is 37.6 Å². The van der Waals surface area contributed by atoms with Crippen LogP contribution in [0.5, 0.6) is 0 Å². The maximum Gasteiger partial charge on any atom is -0.0114 e. The molecule has 84 valence electrons. The molecule has 0 heterocycles. The molecule has 2 aliphatic rings. The zero-order valence-electron chi connectivity index (χ0n) is 10.5. The molecule has 15 heavy (non-hydrogen) atoms. The highest BCUT2D eigenvalue weighted by atomic mass is 14.4. The lowest BCUT2D eigenvalue weighted by Gasteiger charge is -2.39. The SMILES string of the molecule is C=C1CCCC(C)(C)C2C=C(C)CCC12. The second-order valence-corrected chi connectivity index (χ2v) is 6.18. The number of hydrogen-bond donors (Lipinski definition) is 0. The number of fused-ring (bicyclic) bond motifs is 1. The van der Waals surface area contributed by atoms with Gasteiger partial charge in [0.05, 0.1) is 0 Å². The van der Waals surface area contributed by atoms with E-state index in [0.717, 1.165) is 11.8 Å². The lowest BCUT2D eigenvalue weighted by Crippen LogP contribution is -2.30. The molecule has 2 atom stereocenters. The highest BCUT2D eigenvalue weighted by Gasteiger charge is 2.38. The van der Waals surface area contributed by atoms with E-state index in [9.17, 15) is 0 Å². The second-order valence-electron chi connectivity index (χ2n) is 6.18. The summed E-state index contributed by atoms with van der Waals surface area (Å²) in [6.45, 7) is 11.5. The number of allylic oxidation sites excluding steroid dienone is 3. The van der Waals surface area contributed by atoms with Crippen molar-refractivity contribution in [2.45, 2.75) is 52.9 Å². The van der Waals surface area contributed by atoms with Gasteiger partial charge in [0.1, 0.15) is 0 Å². The van der Waals surface area contributed by atoms with E-state index in [2.05, 4.69) is 33.4 Å². The third kappa shape index (κ3) is 2.04. The van der Waals surface area contributed by atoms with Crippen molar-refractivity contribution in [3.05, 3.63) is 23.8 Å². The van der Waals surface area contributed by atoms with Gasteiger partial charge in [-0.15, -0.1) is 0 Å². The monoisotopic (exact) mass is 204 g/mol. The first-order valence-corrected chi connectivity index (χ1v) is 6.36. The summed E-state index contributed by atoms with van der Waals surface area (Å²) in [6, 6.07) is 0. The summed E-state index contributed by atoms with van der Waals surface area (Å²) in [7, 11) is 0. The van der Waals surface area contributed by atoms with Gasteiger partial charge in [-0.25, -0.2) is 0 Å². The van der Waals surface area contributed by atoms with Gasteiger partial charge in [-0.05, 0) is 56.3 Å². The minimum atomic E-state index is 0.478. The standard InChI is InChI=1S/C15H24/c1-11-7-8-13-12(2)6-5-9-15(3,4)14(13)10-11/h10,13-14H,2,5-9H2,1,3-4H3. The number of hydrogen-bond acceptors (Lipinski definition) is 0. The van der Waals surface area contributed by atoms with Crippen molar-refractivity contribution in [3.8, 4) is 0 Å². The Balaban J connectivity index is 2.34. The molecular weight excluding hydrogens is 180 g/mol. The molecule has 1 saturated carbocycles. The molecule has 0 heteroatoms.